The van der Waals surface area contributed by atoms with Crippen LogP contribution in [0.3, 0.4) is 0 Å². The number of piperidine rings is 1. The molecule has 0 bridgehead atoms. The summed E-state index contributed by atoms with van der Waals surface area (Å²) in [4.78, 5) is 14.5. The topological polar surface area (TPSA) is 53.6 Å². The number of hydrogen-bond acceptors (Lipinski definition) is 3. The lowest BCUT2D eigenvalue weighted by atomic mass is 9.82. The van der Waals surface area contributed by atoms with Crippen LogP contribution < -0.4 is 10.6 Å². The Morgan fingerprint density at radius 3 is 2.70 bits per heavy atom. The number of nitrogens with one attached hydrogen (secondary N) is 2. The maximum absolute atomic E-state index is 12.4. The third-order valence-corrected chi connectivity index (χ3v) is 4.88. The Labute approximate surface area is 121 Å². The van der Waals surface area contributed by atoms with Gasteiger partial charge < -0.3 is 20.3 Å². The van der Waals surface area contributed by atoms with E-state index in [2.05, 4.69) is 15.5 Å². The van der Waals surface area contributed by atoms with E-state index < -0.39 is 0 Å². The zero-order valence-electron chi connectivity index (χ0n) is 12.5. The number of hydrogen-bond donors (Lipinski definition) is 2. The summed E-state index contributed by atoms with van der Waals surface area (Å²) < 4.78 is 6.13. The van der Waals surface area contributed by atoms with Crippen LogP contribution in [0.2, 0.25) is 0 Å². The van der Waals surface area contributed by atoms with Crippen molar-refractivity contribution in [1.29, 1.82) is 0 Å². The van der Waals surface area contributed by atoms with E-state index >= 15 is 0 Å². The molecule has 2 saturated heterocycles. The highest BCUT2D eigenvalue weighted by atomic mass is 16.5. The number of ether oxygens (including phenoxy) is 1. The van der Waals surface area contributed by atoms with Gasteiger partial charge in [0.1, 0.15) is 0 Å². The molecular formula is C15H27N3O2. The fourth-order valence-electron chi connectivity index (χ4n) is 3.70. The highest BCUT2D eigenvalue weighted by Gasteiger charge is 2.45. The lowest BCUT2D eigenvalue weighted by Crippen LogP contribution is -2.56. The molecule has 2 N–H and O–H groups in total. The standard InChI is InChI=1S/C15H27N3O2/c1-2-17-14(19)18(12-3-4-12)13-5-10-20-15(11-13)6-8-16-9-7-15/h12-13,16H,2-11H2,1H3,(H,17,19). The Kier molecular flexibility index (Phi) is 4.17. The van der Waals surface area contributed by atoms with E-state index in [9.17, 15) is 4.79 Å². The molecule has 20 heavy (non-hydrogen) atoms. The minimum absolute atomic E-state index is 0.0216. The van der Waals surface area contributed by atoms with E-state index in [1.165, 1.54) is 12.8 Å². The molecule has 1 atom stereocenters. The maximum atomic E-state index is 12.4. The number of carbonyl (C=O) groups is 1. The average molecular weight is 281 g/mol. The largest absolute Gasteiger partial charge is 0.375 e. The molecule has 2 amide bonds. The molecule has 114 valence electrons. The molecule has 5 heteroatoms. The van der Waals surface area contributed by atoms with Crippen molar-refractivity contribution in [2.75, 3.05) is 26.2 Å². The van der Waals surface area contributed by atoms with E-state index in [1.54, 1.807) is 0 Å². The van der Waals surface area contributed by atoms with Crippen LogP contribution in [0.25, 0.3) is 0 Å². The first kappa shape index (κ1) is 14.1. The van der Waals surface area contributed by atoms with Gasteiger partial charge in [0.25, 0.3) is 0 Å². The highest BCUT2D eigenvalue weighted by molar-refractivity contribution is 5.75. The van der Waals surface area contributed by atoms with E-state index in [0.29, 0.717) is 18.6 Å². The van der Waals surface area contributed by atoms with Gasteiger partial charge in [0, 0.05) is 25.2 Å². The zero-order chi connectivity index (χ0) is 14.0. The first-order chi connectivity index (χ1) is 9.74. The Morgan fingerprint density at radius 2 is 2.05 bits per heavy atom. The molecule has 0 aromatic carbocycles. The lowest BCUT2D eigenvalue weighted by Gasteiger charge is -2.46. The molecule has 1 aliphatic carbocycles. The highest BCUT2D eigenvalue weighted by Crippen LogP contribution is 2.38. The molecule has 3 fully saturated rings. The summed E-state index contributed by atoms with van der Waals surface area (Å²) in [6, 6.07) is 0.968. The maximum Gasteiger partial charge on any atom is 0.317 e. The summed E-state index contributed by atoms with van der Waals surface area (Å²) in [5.74, 6) is 0. The third-order valence-electron chi connectivity index (χ3n) is 4.88. The van der Waals surface area contributed by atoms with E-state index in [-0.39, 0.29) is 11.6 Å². The van der Waals surface area contributed by atoms with Crippen molar-refractivity contribution >= 4 is 6.03 Å². The Morgan fingerprint density at radius 1 is 1.30 bits per heavy atom. The number of urea groups is 1. The molecule has 2 heterocycles. The van der Waals surface area contributed by atoms with Crippen LogP contribution in [0.15, 0.2) is 0 Å². The fraction of sp³-hybridized carbons (Fsp3) is 0.933. The average Bonchev–Trinajstić information content (AvgIpc) is 3.25. The van der Waals surface area contributed by atoms with Crippen LogP contribution in [0.1, 0.15) is 45.4 Å². The van der Waals surface area contributed by atoms with Gasteiger partial charge in [-0.25, -0.2) is 4.79 Å². The third kappa shape index (κ3) is 2.93. The SMILES string of the molecule is CCNC(=O)N(C1CC1)C1CCOC2(CCNCC2)C1. The molecule has 1 spiro atoms. The molecular weight excluding hydrogens is 254 g/mol. The second-order valence-corrected chi connectivity index (χ2v) is 6.40. The van der Waals surface area contributed by atoms with Gasteiger partial charge in [-0.15, -0.1) is 0 Å². The van der Waals surface area contributed by atoms with Gasteiger partial charge in [0.05, 0.1) is 5.60 Å². The van der Waals surface area contributed by atoms with Crippen molar-refractivity contribution < 1.29 is 9.53 Å². The van der Waals surface area contributed by atoms with Crippen molar-refractivity contribution in [3.8, 4) is 0 Å². The normalized spacial score (nSPS) is 29.1. The van der Waals surface area contributed by atoms with Crippen LogP contribution in [0.4, 0.5) is 4.79 Å². The summed E-state index contributed by atoms with van der Waals surface area (Å²) in [6.07, 6.45) is 6.51. The van der Waals surface area contributed by atoms with Gasteiger partial charge in [0.2, 0.25) is 0 Å². The molecule has 0 radical (unpaired) electrons. The lowest BCUT2D eigenvalue weighted by molar-refractivity contribution is -0.116. The number of nitrogens with zero attached hydrogens (tertiary/aromatic N) is 1. The Bertz CT molecular complexity index is 346. The summed E-state index contributed by atoms with van der Waals surface area (Å²) in [5.41, 5.74) is 0.0216. The first-order valence-electron chi connectivity index (χ1n) is 8.15. The molecule has 1 saturated carbocycles. The first-order valence-corrected chi connectivity index (χ1v) is 8.15. The number of carbonyl (C=O) groups excluding carboxylic acids is 1. The van der Waals surface area contributed by atoms with Gasteiger partial charge in [-0.3, -0.25) is 0 Å². The minimum atomic E-state index is 0.0216. The van der Waals surface area contributed by atoms with Crippen molar-refractivity contribution in [3.63, 3.8) is 0 Å². The minimum Gasteiger partial charge on any atom is -0.375 e. The second kappa shape index (κ2) is 5.90. The van der Waals surface area contributed by atoms with E-state index in [1.807, 2.05) is 6.92 Å². The molecule has 3 aliphatic rings. The molecule has 1 unspecified atom stereocenters. The van der Waals surface area contributed by atoms with Crippen molar-refractivity contribution in [2.45, 2.75) is 63.1 Å². The molecule has 0 aromatic rings. The monoisotopic (exact) mass is 281 g/mol. The summed E-state index contributed by atoms with van der Waals surface area (Å²) in [5, 5.41) is 6.40. The smallest absolute Gasteiger partial charge is 0.317 e. The quantitative estimate of drug-likeness (QED) is 0.824. The van der Waals surface area contributed by atoms with Crippen LogP contribution in [-0.4, -0.2) is 54.9 Å². The van der Waals surface area contributed by atoms with Gasteiger partial charge >= 0.3 is 6.03 Å². The molecule has 3 rings (SSSR count). The van der Waals surface area contributed by atoms with Gasteiger partial charge in [0.15, 0.2) is 0 Å². The zero-order valence-corrected chi connectivity index (χ0v) is 12.5. The van der Waals surface area contributed by atoms with Gasteiger partial charge in [-0.05, 0) is 58.5 Å². The Hall–Kier alpha value is -0.810. The number of rotatable bonds is 3. The van der Waals surface area contributed by atoms with E-state index in [4.69, 9.17) is 4.74 Å². The Balaban J connectivity index is 1.68. The van der Waals surface area contributed by atoms with Crippen LogP contribution in [0, 0.1) is 0 Å². The van der Waals surface area contributed by atoms with Gasteiger partial charge in [-0.2, -0.15) is 0 Å². The molecule has 2 aliphatic heterocycles. The number of amides is 2. The van der Waals surface area contributed by atoms with Crippen LogP contribution in [-0.2, 0) is 4.74 Å². The summed E-state index contributed by atoms with van der Waals surface area (Å²) in [7, 11) is 0. The molecule has 5 nitrogen and oxygen atoms in total. The van der Waals surface area contributed by atoms with Gasteiger partial charge in [-0.1, -0.05) is 0 Å². The van der Waals surface area contributed by atoms with Crippen molar-refractivity contribution in [3.05, 3.63) is 0 Å². The summed E-state index contributed by atoms with van der Waals surface area (Å²) >= 11 is 0. The fourth-order valence-corrected chi connectivity index (χ4v) is 3.70. The van der Waals surface area contributed by atoms with E-state index in [0.717, 1.165) is 45.4 Å². The molecule has 0 aromatic heterocycles. The second-order valence-electron chi connectivity index (χ2n) is 6.40. The van der Waals surface area contributed by atoms with Crippen molar-refractivity contribution in [2.24, 2.45) is 0 Å². The summed E-state index contributed by atoms with van der Waals surface area (Å²) in [6.45, 7) is 5.57. The predicted octanol–water partition coefficient (Wildman–Crippen LogP) is 1.48. The van der Waals surface area contributed by atoms with Crippen molar-refractivity contribution in [1.82, 2.24) is 15.5 Å². The van der Waals surface area contributed by atoms with Crippen LogP contribution >= 0.6 is 0 Å². The predicted molar refractivity (Wildman–Crippen MR) is 77.7 cm³/mol. The van der Waals surface area contributed by atoms with Crippen LogP contribution in [0.5, 0.6) is 0 Å².